The first-order valence-corrected chi connectivity index (χ1v) is 23.8. The summed E-state index contributed by atoms with van der Waals surface area (Å²) in [6.07, 6.45) is 13.9. The van der Waals surface area contributed by atoms with E-state index in [9.17, 15) is 22.9 Å². The number of carbonyl (C=O) groups is 1. The number of benzene rings is 3. The van der Waals surface area contributed by atoms with Crippen molar-refractivity contribution >= 4 is 33.2 Å². The van der Waals surface area contributed by atoms with Crippen molar-refractivity contribution in [2.24, 2.45) is 0 Å². The molecule has 0 saturated carbocycles. The van der Waals surface area contributed by atoms with E-state index in [0.29, 0.717) is 12.2 Å². The molecule has 6 rings (SSSR count). The number of aliphatic carboxylic acids is 1. The number of nitrogens with zero attached hydrogens (tertiary/aromatic N) is 3. The van der Waals surface area contributed by atoms with Crippen LogP contribution in [0.1, 0.15) is 95.4 Å². The number of quaternary nitrogens is 2. The molecular formula is C52H72N4O6S+2. The van der Waals surface area contributed by atoms with Crippen LogP contribution in [0.25, 0.3) is 0 Å². The molecule has 10 nitrogen and oxygen atoms in total. The maximum atomic E-state index is 12.1. The Morgan fingerprint density at radius 2 is 1.56 bits per heavy atom. The molecule has 63 heavy (non-hydrogen) atoms. The molecule has 2 aliphatic heterocycles. The zero-order valence-corrected chi connectivity index (χ0v) is 40.7. The van der Waals surface area contributed by atoms with Gasteiger partial charge in [-0.3, -0.25) is 4.79 Å². The summed E-state index contributed by atoms with van der Waals surface area (Å²) >= 11 is 0. The van der Waals surface area contributed by atoms with Crippen LogP contribution < -0.4 is 10.1 Å². The van der Waals surface area contributed by atoms with Gasteiger partial charge in [0, 0.05) is 40.9 Å². The number of allylic oxidation sites excluding steroid dienone is 7. The molecule has 0 fully saturated rings. The first kappa shape index (κ1) is 49.2. The van der Waals surface area contributed by atoms with Crippen LogP contribution in [0.5, 0.6) is 5.75 Å². The minimum atomic E-state index is -4.63. The fraction of sp³-hybridized carbons (Fsp3) is 0.462. The van der Waals surface area contributed by atoms with Gasteiger partial charge >= 0.3 is 5.97 Å². The molecule has 0 spiro atoms. The Bertz CT molecular complexity index is 2440. The molecule has 0 atom stereocenters. The second-order valence-electron chi connectivity index (χ2n) is 20.4. The first-order valence-electron chi connectivity index (χ1n) is 22.4. The lowest BCUT2D eigenvalue weighted by Crippen LogP contribution is -2.36. The third kappa shape index (κ3) is 12.7. The maximum Gasteiger partial charge on any atom is 0.303 e. The number of fused-ring (bicyclic) bond motifs is 2. The van der Waals surface area contributed by atoms with E-state index >= 15 is 0 Å². The topological polar surface area (TPSA) is 119 Å². The second-order valence-corrected chi connectivity index (χ2v) is 21.8. The van der Waals surface area contributed by atoms with Crippen LogP contribution in [0, 0.1) is 6.92 Å². The summed E-state index contributed by atoms with van der Waals surface area (Å²) in [4.78, 5) is 11.0. The highest BCUT2D eigenvalue weighted by Gasteiger charge is 2.45. The van der Waals surface area contributed by atoms with E-state index < -0.39 is 21.5 Å². The van der Waals surface area contributed by atoms with Crippen LogP contribution in [0.15, 0.2) is 112 Å². The van der Waals surface area contributed by atoms with Gasteiger partial charge in [0.1, 0.15) is 21.6 Å². The molecule has 3 aliphatic rings. The van der Waals surface area contributed by atoms with E-state index in [-0.39, 0.29) is 16.7 Å². The second kappa shape index (κ2) is 19.5. The summed E-state index contributed by atoms with van der Waals surface area (Å²) in [5, 5.41) is 12.8. The number of ether oxygens (including phenoxy) is 1. The molecule has 3 aromatic rings. The van der Waals surface area contributed by atoms with E-state index in [1.54, 1.807) is 12.1 Å². The number of carboxylic acids is 1. The van der Waals surface area contributed by atoms with Gasteiger partial charge in [-0.15, -0.1) is 0 Å². The van der Waals surface area contributed by atoms with E-state index in [1.165, 1.54) is 30.2 Å². The average molecular weight is 881 g/mol. The molecule has 0 unspecified atom stereocenters. The monoisotopic (exact) mass is 881 g/mol. The Balaban J connectivity index is 0.000000985. The highest BCUT2D eigenvalue weighted by Crippen LogP contribution is 2.45. The average Bonchev–Trinajstić information content (AvgIpc) is 3.55. The highest BCUT2D eigenvalue weighted by atomic mass is 32.2. The Hall–Kier alpha value is -4.81. The Labute approximate surface area is 377 Å². The van der Waals surface area contributed by atoms with E-state index in [4.69, 9.17) is 4.74 Å². The van der Waals surface area contributed by atoms with E-state index in [1.807, 2.05) is 24.3 Å². The quantitative estimate of drug-likeness (QED) is 0.0887. The summed E-state index contributed by atoms with van der Waals surface area (Å²) in [6, 6.07) is 18.9. The SMILES string of the molecule is CCC[N+](C)(C)C.Cc1ccc2c(c1)C(C)(C)/C(=C\C=C1/CCCC(/C=C/C3=[N+](CCC[N+](C)(C)C)c4ccc(S(=O)(=O)[O-])cc4C3(C)C)=C1Oc1ccc(CCC(=O)O)cc1)N2. The molecule has 11 heteroatoms. The van der Waals surface area contributed by atoms with Gasteiger partial charge in [0.25, 0.3) is 0 Å². The number of nitrogens with one attached hydrogen (secondary N) is 1. The lowest BCUT2D eigenvalue weighted by molar-refractivity contribution is -0.871. The molecule has 340 valence electrons. The van der Waals surface area contributed by atoms with Gasteiger partial charge in [0.05, 0.1) is 72.1 Å². The Morgan fingerprint density at radius 1 is 0.873 bits per heavy atom. The largest absolute Gasteiger partial charge is 0.744 e. The van der Waals surface area contributed by atoms with Crippen molar-refractivity contribution in [3.63, 3.8) is 0 Å². The molecule has 0 aromatic heterocycles. The van der Waals surface area contributed by atoms with Crippen LogP contribution in [0.3, 0.4) is 0 Å². The zero-order chi connectivity index (χ0) is 46.5. The Morgan fingerprint density at radius 3 is 2.16 bits per heavy atom. The summed E-state index contributed by atoms with van der Waals surface area (Å²) < 4.78 is 47.3. The third-order valence-corrected chi connectivity index (χ3v) is 13.0. The fourth-order valence-electron chi connectivity index (χ4n) is 8.71. The standard InChI is InChI=1S/C46H55N3O6S.C6H16N/c1-31-13-22-39-37(29-31)45(2,3)41(47-39)24-17-33-11-9-12-34(44(33)55-35-19-14-32(15-20-35)16-26-43(50)51)18-25-42-46(4,5)38-30-36(56(52,53)54)21-23-40(38)48(42)27-10-28-49(6,7)8;1-5-6-7(2,3)4/h13-15,17-25,29-30H,9-12,16,26-28H2,1-8H3,(H-,50,51,52,53,54);5-6H2,1-4H3/q;+1/p+1. The van der Waals surface area contributed by atoms with Crippen molar-refractivity contribution in [2.45, 2.75) is 102 Å². The van der Waals surface area contributed by atoms with Crippen molar-refractivity contribution < 1.29 is 41.2 Å². The molecule has 0 bridgehead atoms. The van der Waals surface area contributed by atoms with Crippen molar-refractivity contribution in [3.8, 4) is 5.75 Å². The van der Waals surface area contributed by atoms with Gasteiger partial charge in [-0.2, -0.15) is 4.58 Å². The van der Waals surface area contributed by atoms with Gasteiger partial charge in [0.15, 0.2) is 12.3 Å². The molecule has 1 aliphatic carbocycles. The number of anilines is 1. The maximum absolute atomic E-state index is 12.1. The predicted molar refractivity (Wildman–Crippen MR) is 255 cm³/mol. The van der Waals surface area contributed by atoms with Crippen LogP contribution in [-0.2, 0) is 32.2 Å². The number of carboxylic acid groups (broad SMARTS) is 1. The summed E-state index contributed by atoms with van der Waals surface area (Å²) in [7, 11) is 8.52. The van der Waals surface area contributed by atoms with Gasteiger partial charge in [-0.25, -0.2) is 8.42 Å². The van der Waals surface area contributed by atoms with Crippen LogP contribution in [0.2, 0.25) is 0 Å². The van der Waals surface area contributed by atoms with Crippen LogP contribution in [-0.4, -0.2) is 105 Å². The molecule has 0 saturated heterocycles. The summed E-state index contributed by atoms with van der Waals surface area (Å²) in [5.41, 5.74) is 9.74. The van der Waals surface area contributed by atoms with Crippen molar-refractivity contribution in [2.75, 3.05) is 67.2 Å². The Kier molecular flexibility index (Phi) is 15.2. The van der Waals surface area contributed by atoms with Crippen molar-refractivity contribution in [1.82, 2.24) is 0 Å². The lowest BCUT2D eigenvalue weighted by atomic mass is 9.81. The summed E-state index contributed by atoms with van der Waals surface area (Å²) in [6.45, 7) is 15.9. The molecule has 2 heterocycles. The minimum absolute atomic E-state index is 0.0646. The molecule has 2 N–H and O–H groups in total. The molecular weight excluding hydrogens is 809 g/mol. The number of aryl methyl sites for hydroxylation is 2. The van der Waals surface area contributed by atoms with Gasteiger partial charge in [0.2, 0.25) is 5.69 Å². The zero-order valence-electron chi connectivity index (χ0n) is 39.9. The third-order valence-electron chi connectivity index (χ3n) is 12.2. The van der Waals surface area contributed by atoms with E-state index in [0.717, 1.165) is 98.6 Å². The minimum Gasteiger partial charge on any atom is -0.744 e. The van der Waals surface area contributed by atoms with Gasteiger partial charge in [-0.1, -0.05) is 56.7 Å². The summed E-state index contributed by atoms with van der Waals surface area (Å²) in [5.74, 6) is 0.629. The van der Waals surface area contributed by atoms with Crippen molar-refractivity contribution in [3.05, 3.63) is 130 Å². The first-order chi connectivity index (χ1) is 29.3. The smallest absolute Gasteiger partial charge is 0.303 e. The molecule has 0 amide bonds. The van der Waals surface area contributed by atoms with Gasteiger partial charge < -0.3 is 28.7 Å². The van der Waals surface area contributed by atoms with E-state index in [2.05, 4.69) is 136 Å². The lowest BCUT2D eigenvalue weighted by Gasteiger charge is -2.23. The molecule has 3 aromatic carbocycles. The number of hydrogen-bond donors (Lipinski definition) is 2. The normalized spacial score (nSPS) is 18.4. The molecule has 0 radical (unpaired) electrons. The van der Waals surface area contributed by atoms with Crippen LogP contribution >= 0.6 is 0 Å². The highest BCUT2D eigenvalue weighted by molar-refractivity contribution is 7.85. The predicted octanol–water partition coefficient (Wildman–Crippen LogP) is 9.78. The number of hydrogen-bond acceptors (Lipinski definition) is 6. The fourth-order valence-corrected chi connectivity index (χ4v) is 9.21. The van der Waals surface area contributed by atoms with Crippen molar-refractivity contribution in [1.29, 1.82) is 0 Å². The number of rotatable bonds is 15. The van der Waals surface area contributed by atoms with Crippen LogP contribution in [0.4, 0.5) is 11.4 Å². The van der Waals surface area contributed by atoms with Gasteiger partial charge in [-0.05, 0) is 118 Å².